The molecule has 2 heterocycles. The predicted octanol–water partition coefficient (Wildman–Crippen LogP) is 4.37. The zero-order valence-corrected chi connectivity index (χ0v) is 19.7. The minimum atomic E-state index is -1.18. The molecule has 8 heteroatoms. The van der Waals surface area contributed by atoms with Gasteiger partial charge in [0.15, 0.2) is 0 Å². The van der Waals surface area contributed by atoms with Gasteiger partial charge in [-0.15, -0.1) is 0 Å². The van der Waals surface area contributed by atoms with Gasteiger partial charge in [-0.05, 0) is 24.1 Å². The maximum Gasteiger partial charge on any atom is 0.336 e. The topological polar surface area (TPSA) is 121 Å². The SMILES string of the molecule is O=C(O)c1ccccc1C(=O)NCCCn1c(O)c2c(c1-c1ccccc1)C(=O)N=C2c1ccccc1. The number of rotatable bonds is 8. The number of benzene rings is 3. The third-order valence-electron chi connectivity index (χ3n) is 6.24. The number of carboxylic acids is 1. The van der Waals surface area contributed by atoms with Gasteiger partial charge in [-0.25, -0.2) is 9.79 Å². The molecular weight excluding hydrogens is 470 g/mol. The largest absolute Gasteiger partial charge is 0.494 e. The van der Waals surface area contributed by atoms with Crippen molar-refractivity contribution in [3.63, 3.8) is 0 Å². The summed E-state index contributed by atoms with van der Waals surface area (Å²) >= 11 is 0. The van der Waals surface area contributed by atoms with E-state index >= 15 is 0 Å². The Bertz CT molecular complexity index is 1540. The molecule has 184 valence electrons. The molecule has 3 aromatic carbocycles. The van der Waals surface area contributed by atoms with Gasteiger partial charge in [-0.3, -0.25) is 9.59 Å². The number of aliphatic imine (C=N–C) groups is 1. The van der Waals surface area contributed by atoms with E-state index in [2.05, 4.69) is 10.3 Å². The molecule has 5 rings (SSSR count). The van der Waals surface area contributed by atoms with Crippen LogP contribution in [-0.4, -0.2) is 44.8 Å². The third kappa shape index (κ3) is 4.40. The van der Waals surface area contributed by atoms with Crippen molar-refractivity contribution in [3.05, 3.63) is 113 Å². The van der Waals surface area contributed by atoms with Crippen LogP contribution < -0.4 is 5.32 Å². The van der Waals surface area contributed by atoms with Gasteiger partial charge in [-0.1, -0.05) is 72.8 Å². The second-order valence-electron chi connectivity index (χ2n) is 8.53. The van der Waals surface area contributed by atoms with E-state index in [1.165, 1.54) is 12.1 Å². The fourth-order valence-corrected chi connectivity index (χ4v) is 4.57. The van der Waals surface area contributed by atoms with Gasteiger partial charge in [0, 0.05) is 18.7 Å². The first kappa shape index (κ1) is 23.7. The normalized spacial score (nSPS) is 12.2. The zero-order valence-electron chi connectivity index (χ0n) is 19.7. The third-order valence-corrected chi connectivity index (χ3v) is 6.24. The van der Waals surface area contributed by atoms with Gasteiger partial charge >= 0.3 is 5.97 Å². The fourth-order valence-electron chi connectivity index (χ4n) is 4.57. The molecule has 0 spiro atoms. The van der Waals surface area contributed by atoms with Crippen LogP contribution in [-0.2, 0) is 6.54 Å². The highest BCUT2D eigenvalue weighted by Crippen LogP contribution is 2.41. The molecule has 37 heavy (non-hydrogen) atoms. The van der Waals surface area contributed by atoms with Gasteiger partial charge in [0.1, 0.15) is 0 Å². The van der Waals surface area contributed by atoms with Crippen LogP contribution in [0.5, 0.6) is 5.88 Å². The molecule has 1 aromatic heterocycles. The number of hydrogen-bond donors (Lipinski definition) is 3. The summed E-state index contributed by atoms with van der Waals surface area (Å²) in [5, 5.41) is 23.4. The van der Waals surface area contributed by atoms with E-state index in [4.69, 9.17) is 0 Å². The van der Waals surface area contributed by atoms with Gasteiger partial charge in [-0.2, -0.15) is 0 Å². The number of amides is 2. The van der Waals surface area contributed by atoms with E-state index in [9.17, 15) is 24.6 Å². The zero-order chi connectivity index (χ0) is 25.9. The highest BCUT2D eigenvalue weighted by Gasteiger charge is 2.35. The molecule has 8 nitrogen and oxygen atoms in total. The molecule has 0 aliphatic carbocycles. The first-order chi connectivity index (χ1) is 18.0. The number of aromatic carboxylic acids is 1. The summed E-state index contributed by atoms with van der Waals surface area (Å²) in [6.07, 6.45) is 0.425. The quantitative estimate of drug-likeness (QED) is 0.315. The number of aromatic hydroxyl groups is 1. The predicted molar refractivity (Wildman–Crippen MR) is 138 cm³/mol. The van der Waals surface area contributed by atoms with Crippen molar-refractivity contribution in [1.82, 2.24) is 9.88 Å². The molecular formula is C29H23N3O5. The fraction of sp³-hybridized carbons (Fsp3) is 0.103. The summed E-state index contributed by atoms with van der Waals surface area (Å²) in [6.45, 7) is 0.538. The average molecular weight is 494 g/mol. The number of nitrogens with one attached hydrogen (secondary N) is 1. The second-order valence-corrected chi connectivity index (χ2v) is 8.53. The highest BCUT2D eigenvalue weighted by molar-refractivity contribution is 6.30. The van der Waals surface area contributed by atoms with Crippen molar-refractivity contribution in [2.24, 2.45) is 4.99 Å². The van der Waals surface area contributed by atoms with Crippen molar-refractivity contribution < 1.29 is 24.6 Å². The first-order valence-electron chi connectivity index (χ1n) is 11.8. The van der Waals surface area contributed by atoms with Crippen LogP contribution >= 0.6 is 0 Å². The molecule has 0 saturated heterocycles. The van der Waals surface area contributed by atoms with Crippen molar-refractivity contribution >= 4 is 23.5 Å². The van der Waals surface area contributed by atoms with Crippen LogP contribution in [0.3, 0.4) is 0 Å². The van der Waals surface area contributed by atoms with Crippen LogP contribution in [0.25, 0.3) is 11.3 Å². The summed E-state index contributed by atoms with van der Waals surface area (Å²) in [5.41, 5.74) is 3.23. The van der Waals surface area contributed by atoms with E-state index in [1.54, 1.807) is 16.7 Å². The molecule has 0 radical (unpaired) electrons. The second kappa shape index (κ2) is 9.94. The first-order valence-corrected chi connectivity index (χ1v) is 11.8. The summed E-state index contributed by atoms with van der Waals surface area (Å²) in [6, 6.07) is 24.6. The molecule has 3 N–H and O–H groups in total. The Kier molecular flexibility index (Phi) is 6.38. The van der Waals surface area contributed by atoms with E-state index in [0.29, 0.717) is 35.5 Å². The lowest BCUT2D eigenvalue weighted by Gasteiger charge is -2.13. The molecule has 0 bridgehead atoms. The number of nitrogens with zero attached hydrogens (tertiary/aromatic N) is 2. The summed E-state index contributed by atoms with van der Waals surface area (Å²) in [4.78, 5) is 41.3. The lowest BCUT2D eigenvalue weighted by atomic mass is 10.0. The summed E-state index contributed by atoms with van der Waals surface area (Å²) < 4.78 is 1.67. The maximum atomic E-state index is 13.1. The van der Waals surface area contributed by atoms with Gasteiger partial charge in [0.05, 0.1) is 33.7 Å². The number of aromatic nitrogens is 1. The smallest absolute Gasteiger partial charge is 0.336 e. The van der Waals surface area contributed by atoms with Crippen molar-refractivity contribution in [2.75, 3.05) is 6.54 Å². The number of fused-ring (bicyclic) bond motifs is 1. The average Bonchev–Trinajstić information content (AvgIpc) is 3.42. The van der Waals surface area contributed by atoms with Gasteiger partial charge in [0.2, 0.25) is 5.88 Å². The Labute approximate surface area is 212 Å². The Morgan fingerprint density at radius 2 is 1.41 bits per heavy atom. The van der Waals surface area contributed by atoms with Crippen LogP contribution in [0, 0.1) is 0 Å². The number of carbonyl (C=O) groups excluding carboxylic acids is 2. The lowest BCUT2D eigenvalue weighted by Crippen LogP contribution is -2.27. The van der Waals surface area contributed by atoms with E-state index in [1.807, 2.05) is 60.7 Å². The van der Waals surface area contributed by atoms with Crippen molar-refractivity contribution in [1.29, 1.82) is 0 Å². The monoisotopic (exact) mass is 493 g/mol. The van der Waals surface area contributed by atoms with E-state index in [-0.39, 0.29) is 23.6 Å². The number of carbonyl (C=O) groups is 3. The van der Waals surface area contributed by atoms with E-state index in [0.717, 1.165) is 11.1 Å². The minimum absolute atomic E-state index is 0.0649. The van der Waals surface area contributed by atoms with Gasteiger partial charge < -0.3 is 20.1 Å². The number of carboxylic acid groups (broad SMARTS) is 1. The van der Waals surface area contributed by atoms with Crippen LogP contribution in [0.2, 0.25) is 0 Å². The highest BCUT2D eigenvalue weighted by atomic mass is 16.4. The van der Waals surface area contributed by atoms with Crippen LogP contribution in [0.1, 0.15) is 48.6 Å². The van der Waals surface area contributed by atoms with Crippen LogP contribution in [0.4, 0.5) is 0 Å². The standard InChI is InChI=1S/C29H23N3O5/c33-26(20-14-7-8-15-21(20)29(36)37)30-16-9-17-32-25(19-12-5-2-6-13-19)23-22(28(32)35)24(31-27(23)34)18-10-3-1-4-11-18/h1-8,10-15,35H,9,16-17H2,(H,30,33)(H,36,37). The molecule has 4 aromatic rings. The molecule has 1 aliphatic rings. The molecule has 0 atom stereocenters. The maximum absolute atomic E-state index is 13.1. The summed E-state index contributed by atoms with van der Waals surface area (Å²) in [5.74, 6) is -2.15. The molecule has 1 aliphatic heterocycles. The summed E-state index contributed by atoms with van der Waals surface area (Å²) in [7, 11) is 0. The lowest BCUT2D eigenvalue weighted by molar-refractivity contribution is 0.0690. The van der Waals surface area contributed by atoms with E-state index < -0.39 is 17.8 Å². The van der Waals surface area contributed by atoms with Gasteiger partial charge in [0.25, 0.3) is 11.8 Å². The minimum Gasteiger partial charge on any atom is -0.494 e. The molecule has 0 unspecified atom stereocenters. The Balaban J connectivity index is 1.43. The Morgan fingerprint density at radius 1 is 0.811 bits per heavy atom. The van der Waals surface area contributed by atoms with Crippen LogP contribution in [0.15, 0.2) is 89.9 Å². The molecule has 0 saturated carbocycles. The molecule has 0 fully saturated rings. The Morgan fingerprint density at radius 3 is 2.05 bits per heavy atom. The number of hydrogen-bond acceptors (Lipinski definition) is 4. The van der Waals surface area contributed by atoms with Crippen molar-refractivity contribution in [2.45, 2.75) is 13.0 Å². The molecule has 2 amide bonds. The Hall–Kier alpha value is -4.98. The van der Waals surface area contributed by atoms with Crippen molar-refractivity contribution in [3.8, 4) is 17.1 Å².